The van der Waals surface area contributed by atoms with Crippen LogP contribution in [0, 0.1) is 0 Å². The van der Waals surface area contributed by atoms with Crippen molar-refractivity contribution in [3.63, 3.8) is 0 Å². The second kappa shape index (κ2) is 9.82. The van der Waals surface area contributed by atoms with Crippen molar-refractivity contribution in [3.8, 4) is 0 Å². The number of benzene rings is 1. The van der Waals surface area contributed by atoms with Crippen molar-refractivity contribution < 1.29 is 22.7 Å². The van der Waals surface area contributed by atoms with Crippen LogP contribution in [0.2, 0.25) is 5.02 Å². The van der Waals surface area contributed by atoms with Gasteiger partial charge in [0.1, 0.15) is 6.54 Å². The van der Waals surface area contributed by atoms with E-state index in [-0.39, 0.29) is 34.7 Å². The van der Waals surface area contributed by atoms with Gasteiger partial charge in [0.15, 0.2) is 5.82 Å². The number of nitrogens with zero attached hydrogens (tertiary/aromatic N) is 4. The third kappa shape index (κ3) is 5.25. The Morgan fingerprint density at radius 3 is 2.69 bits per heavy atom. The summed E-state index contributed by atoms with van der Waals surface area (Å²) in [6, 6.07) is 4.08. The van der Waals surface area contributed by atoms with E-state index in [1.165, 1.54) is 6.07 Å². The average molecular weight is 510 g/mol. The molecule has 8 nitrogen and oxygen atoms in total. The summed E-state index contributed by atoms with van der Waals surface area (Å²) in [5, 5.41) is 6.66. The van der Waals surface area contributed by atoms with Gasteiger partial charge in [0, 0.05) is 18.9 Å². The second-order valence-corrected chi connectivity index (χ2v) is 8.57. The average Bonchev–Trinajstić information content (AvgIpc) is 3.27. The number of allylic oxidation sites excluding steroid dienone is 1. The molecule has 12 heteroatoms. The van der Waals surface area contributed by atoms with E-state index in [0.717, 1.165) is 34.7 Å². The fraction of sp³-hybridized carbons (Fsp3) is 0.391. The number of halogens is 4. The summed E-state index contributed by atoms with van der Waals surface area (Å²) in [4.78, 5) is 30.0. The maximum atomic E-state index is 12.9. The Hall–Kier alpha value is -3.18. The quantitative estimate of drug-likeness (QED) is 0.533. The number of rotatable bonds is 6. The molecule has 0 radical (unpaired) electrons. The van der Waals surface area contributed by atoms with Crippen molar-refractivity contribution in [2.24, 2.45) is 0 Å². The molecular formula is C23H23ClF3N5O3. The molecule has 0 aliphatic heterocycles. The van der Waals surface area contributed by atoms with E-state index in [1.54, 1.807) is 11.7 Å². The van der Waals surface area contributed by atoms with Gasteiger partial charge in [-0.15, -0.1) is 5.10 Å². The number of aromatic nitrogens is 4. The zero-order chi connectivity index (χ0) is 25.3. The van der Waals surface area contributed by atoms with Crippen LogP contribution in [0.25, 0.3) is 11.4 Å². The number of carbonyl (C=O) groups is 1. The molecule has 35 heavy (non-hydrogen) atoms. The lowest BCUT2D eigenvalue weighted by Crippen LogP contribution is -2.26. The van der Waals surface area contributed by atoms with Crippen LogP contribution in [0.1, 0.15) is 43.3 Å². The molecule has 0 spiro atoms. The number of fused-ring (bicyclic) bond motifs is 1. The maximum absolute atomic E-state index is 12.9. The first-order valence-electron chi connectivity index (χ1n) is 11.0. The van der Waals surface area contributed by atoms with Crippen molar-refractivity contribution in [3.05, 3.63) is 62.8 Å². The number of methoxy groups -OCH3 is 1. The van der Waals surface area contributed by atoms with Gasteiger partial charge in [-0.1, -0.05) is 24.6 Å². The summed E-state index contributed by atoms with van der Waals surface area (Å²) < 4.78 is 46.7. The first kappa shape index (κ1) is 24.9. The lowest BCUT2D eigenvalue weighted by atomic mass is 9.97. The number of hydrogen-bond donors (Lipinski definition) is 1. The molecular weight excluding hydrogens is 487 g/mol. The summed E-state index contributed by atoms with van der Waals surface area (Å²) in [6.07, 6.45) is 0.218. The molecule has 0 bridgehead atoms. The Bertz CT molecular complexity index is 1360. The molecule has 186 valence electrons. The molecule has 0 fully saturated rings. The Labute approximate surface area is 203 Å². The molecule has 1 amide bonds. The van der Waals surface area contributed by atoms with E-state index in [2.05, 4.69) is 15.4 Å². The Kier molecular flexibility index (Phi) is 7.00. The molecule has 1 aromatic carbocycles. The van der Waals surface area contributed by atoms with Gasteiger partial charge >= 0.3 is 6.18 Å². The highest BCUT2D eigenvalue weighted by Gasteiger charge is 2.31. The van der Waals surface area contributed by atoms with Crippen LogP contribution in [0.15, 0.2) is 35.1 Å². The smallest absolute Gasteiger partial charge is 0.381 e. The van der Waals surface area contributed by atoms with Gasteiger partial charge in [0.2, 0.25) is 11.7 Å². The van der Waals surface area contributed by atoms with Gasteiger partial charge < -0.3 is 14.6 Å². The van der Waals surface area contributed by atoms with Gasteiger partial charge in [-0.05, 0) is 49.5 Å². The maximum Gasteiger partial charge on any atom is 0.416 e. The summed E-state index contributed by atoms with van der Waals surface area (Å²) in [7, 11) is 1.66. The molecule has 3 aromatic rings. The molecule has 1 atom stereocenters. The minimum absolute atomic E-state index is 0.0435. The molecule has 1 aliphatic carbocycles. The minimum Gasteiger partial charge on any atom is -0.381 e. The minimum atomic E-state index is -4.55. The van der Waals surface area contributed by atoms with Crippen LogP contribution < -0.4 is 10.9 Å². The highest BCUT2D eigenvalue weighted by Crippen LogP contribution is 2.34. The zero-order valence-corrected chi connectivity index (χ0v) is 19.8. The molecule has 0 saturated heterocycles. The number of anilines is 1. The van der Waals surface area contributed by atoms with Crippen molar-refractivity contribution >= 4 is 34.5 Å². The molecule has 2 aromatic heterocycles. The predicted octanol–water partition coefficient (Wildman–Crippen LogP) is 4.35. The molecule has 1 N–H and O–H groups in total. The number of hydrogen-bond acceptors (Lipinski definition) is 5. The predicted molar refractivity (Wildman–Crippen MR) is 124 cm³/mol. The van der Waals surface area contributed by atoms with Crippen molar-refractivity contribution in [2.75, 3.05) is 12.4 Å². The molecule has 2 heterocycles. The summed E-state index contributed by atoms with van der Waals surface area (Å²) >= 11 is 5.96. The van der Waals surface area contributed by atoms with Gasteiger partial charge in [-0.2, -0.15) is 22.7 Å². The number of nitrogens with one attached hydrogen (secondary N) is 1. The molecule has 4 rings (SSSR count). The normalized spacial score (nSPS) is 16.4. The van der Waals surface area contributed by atoms with E-state index >= 15 is 0 Å². The standard InChI is InChI=1S/C23H23ClF3N5O3/c1-3-15-11-20(34)32-22(29-21(30-32)13-4-7-16(35-2)8-5-13)31(15)12-19(33)28-18-9-6-14(10-17(18)24)23(25,26)27/h4,6,9-11,16H,3,5,7-8,12H2,1-2H3,(H,28,33). The lowest BCUT2D eigenvalue weighted by molar-refractivity contribution is -0.137. The fourth-order valence-corrected chi connectivity index (χ4v) is 4.22. The van der Waals surface area contributed by atoms with E-state index in [4.69, 9.17) is 16.3 Å². The summed E-state index contributed by atoms with van der Waals surface area (Å²) in [6.45, 7) is 1.59. The van der Waals surface area contributed by atoms with Crippen LogP contribution in [-0.4, -0.2) is 38.3 Å². The van der Waals surface area contributed by atoms with Crippen molar-refractivity contribution in [2.45, 2.75) is 51.4 Å². The number of aryl methyl sites for hydroxylation is 1. The zero-order valence-electron chi connectivity index (χ0n) is 19.0. The van der Waals surface area contributed by atoms with E-state index in [1.807, 2.05) is 13.0 Å². The van der Waals surface area contributed by atoms with Gasteiger partial charge in [0.05, 0.1) is 22.4 Å². The highest BCUT2D eigenvalue weighted by atomic mass is 35.5. The van der Waals surface area contributed by atoms with Crippen LogP contribution in [0.4, 0.5) is 18.9 Å². The number of ether oxygens (including phenoxy) is 1. The Morgan fingerprint density at radius 2 is 2.09 bits per heavy atom. The van der Waals surface area contributed by atoms with Crippen LogP contribution in [-0.2, 0) is 28.7 Å². The Balaban J connectivity index is 1.64. The molecule has 0 saturated carbocycles. The lowest BCUT2D eigenvalue weighted by Gasteiger charge is -2.18. The monoisotopic (exact) mass is 509 g/mol. The van der Waals surface area contributed by atoms with Gasteiger partial charge in [-0.25, -0.2) is 0 Å². The van der Waals surface area contributed by atoms with E-state index < -0.39 is 17.6 Å². The largest absolute Gasteiger partial charge is 0.416 e. The number of amides is 1. The number of alkyl halides is 3. The second-order valence-electron chi connectivity index (χ2n) is 8.16. The van der Waals surface area contributed by atoms with E-state index in [9.17, 15) is 22.8 Å². The number of carbonyl (C=O) groups excluding carboxylic acids is 1. The van der Waals surface area contributed by atoms with Crippen LogP contribution >= 0.6 is 11.6 Å². The highest BCUT2D eigenvalue weighted by molar-refractivity contribution is 6.33. The van der Waals surface area contributed by atoms with Gasteiger partial charge in [-0.3, -0.25) is 9.59 Å². The third-order valence-electron chi connectivity index (χ3n) is 5.89. The molecule has 1 unspecified atom stereocenters. The topological polar surface area (TPSA) is 90.5 Å². The summed E-state index contributed by atoms with van der Waals surface area (Å²) in [5.41, 5.74) is 0.214. The summed E-state index contributed by atoms with van der Waals surface area (Å²) in [5.74, 6) is 0.0638. The third-order valence-corrected chi connectivity index (χ3v) is 6.21. The van der Waals surface area contributed by atoms with Crippen molar-refractivity contribution in [1.82, 2.24) is 19.2 Å². The van der Waals surface area contributed by atoms with E-state index in [0.29, 0.717) is 30.8 Å². The first-order valence-corrected chi connectivity index (χ1v) is 11.4. The van der Waals surface area contributed by atoms with Crippen LogP contribution in [0.5, 0.6) is 0 Å². The Morgan fingerprint density at radius 1 is 1.31 bits per heavy atom. The molecule has 1 aliphatic rings. The van der Waals surface area contributed by atoms with Gasteiger partial charge in [0.25, 0.3) is 5.56 Å². The first-order chi connectivity index (χ1) is 16.6. The van der Waals surface area contributed by atoms with Crippen LogP contribution in [0.3, 0.4) is 0 Å². The van der Waals surface area contributed by atoms with Crippen molar-refractivity contribution in [1.29, 1.82) is 0 Å². The SMILES string of the molecule is CCc1cc(=O)n2nc(C3=CCC(OC)CC3)nc2n1CC(=O)Nc1ccc(C(F)(F)F)cc1Cl. The fourth-order valence-electron chi connectivity index (χ4n) is 3.99.